The summed E-state index contributed by atoms with van der Waals surface area (Å²) in [5, 5.41) is 0.799. The molecule has 0 radical (unpaired) electrons. The van der Waals surface area contributed by atoms with E-state index in [1.165, 1.54) is 19.3 Å². The van der Waals surface area contributed by atoms with Gasteiger partial charge in [0.1, 0.15) is 12.3 Å². The predicted octanol–water partition coefficient (Wildman–Crippen LogP) is 4.92. The fourth-order valence-electron chi connectivity index (χ4n) is 8.22. The Bertz CT molecular complexity index is 1290. The van der Waals surface area contributed by atoms with Gasteiger partial charge in [0.2, 0.25) is 5.91 Å². The van der Waals surface area contributed by atoms with Crippen LogP contribution in [0.3, 0.4) is 0 Å². The number of hydrogen-bond donors (Lipinski definition) is 1. The molecule has 2 aromatic rings. The van der Waals surface area contributed by atoms with E-state index in [2.05, 4.69) is 0 Å². The van der Waals surface area contributed by atoms with Crippen LogP contribution < -0.4 is 5.73 Å². The molecule has 1 aromatic carbocycles. The largest absolute Gasteiger partial charge is 0.451 e. The highest BCUT2D eigenvalue weighted by Gasteiger charge is 2.46. The van der Waals surface area contributed by atoms with Crippen molar-refractivity contribution in [3.8, 4) is 0 Å². The maximum atomic E-state index is 14.2. The van der Waals surface area contributed by atoms with Crippen LogP contribution in [0.2, 0.25) is 0 Å². The van der Waals surface area contributed by atoms with Gasteiger partial charge in [0.15, 0.2) is 11.5 Å². The van der Waals surface area contributed by atoms with Gasteiger partial charge in [-0.15, -0.1) is 0 Å². The fourth-order valence-corrected chi connectivity index (χ4v) is 8.22. The van der Waals surface area contributed by atoms with Crippen molar-refractivity contribution in [3.05, 3.63) is 35.6 Å². The molecule has 4 aliphatic rings. The van der Waals surface area contributed by atoms with Gasteiger partial charge < -0.3 is 24.7 Å². The maximum Gasteiger partial charge on any atom is 0.289 e. The molecule has 3 atom stereocenters. The molecule has 2 saturated carbocycles. The third-order valence-corrected chi connectivity index (χ3v) is 10.7. The number of rotatable bonds is 8. The summed E-state index contributed by atoms with van der Waals surface area (Å²) in [6, 6.07) is 6.60. The topological polar surface area (TPSA) is 106 Å². The number of amides is 2. The summed E-state index contributed by atoms with van der Waals surface area (Å²) in [5.74, 6) is 1.03. The quantitative estimate of drug-likeness (QED) is 0.465. The van der Waals surface area contributed by atoms with Crippen LogP contribution in [0.5, 0.6) is 0 Å². The summed E-state index contributed by atoms with van der Waals surface area (Å²) >= 11 is 0. The average Bonchev–Trinajstić information content (AvgIpc) is 3.69. The minimum atomic E-state index is -0.523. The fraction of sp³-hybridized carbons (Fsp3) is 0.676. The zero-order valence-corrected chi connectivity index (χ0v) is 25.2. The van der Waals surface area contributed by atoms with Crippen molar-refractivity contribution >= 4 is 28.6 Å². The first kappa shape index (κ1) is 30.3. The second kappa shape index (κ2) is 13.5. The first-order chi connectivity index (χ1) is 20.9. The molecule has 3 heterocycles. The van der Waals surface area contributed by atoms with E-state index < -0.39 is 18.8 Å². The smallest absolute Gasteiger partial charge is 0.289 e. The molecule has 0 spiro atoms. The van der Waals surface area contributed by atoms with Gasteiger partial charge in [0.05, 0.1) is 19.3 Å². The van der Waals surface area contributed by atoms with E-state index in [0.29, 0.717) is 63.0 Å². The van der Waals surface area contributed by atoms with Crippen molar-refractivity contribution in [2.75, 3.05) is 39.5 Å². The van der Waals surface area contributed by atoms with Crippen molar-refractivity contribution in [1.29, 1.82) is 0 Å². The molecule has 1 aromatic heterocycles. The Hall–Kier alpha value is -2.78. The molecule has 2 aliphatic heterocycles. The Labute approximate surface area is 253 Å². The molecule has 2 saturated heterocycles. The second-order valence-corrected chi connectivity index (χ2v) is 13.3. The number of alkyl halides is 1. The lowest BCUT2D eigenvalue weighted by Crippen LogP contribution is -2.48. The van der Waals surface area contributed by atoms with Gasteiger partial charge in [0, 0.05) is 43.4 Å². The Morgan fingerprint density at radius 3 is 2.40 bits per heavy atom. The molecule has 6 rings (SSSR count). The van der Waals surface area contributed by atoms with Crippen LogP contribution in [-0.4, -0.2) is 79.0 Å². The molecule has 9 heteroatoms. The van der Waals surface area contributed by atoms with Crippen molar-refractivity contribution in [3.63, 3.8) is 0 Å². The molecule has 234 valence electrons. The van der Waals surface area contributed by atoms with E-state index in [0.717, 1.165) is 43.1 Å². The third-order valence-electron chi connectivity index (χ3n) is 10.7. The summed E-state index contributed by atoms with van der Waals surface area (Å²) in [6.07, 6.45) is 9.96. The van der Waals surface area contributed by atoms with Gasteiger partial charge >= 0.3 is 0 Å². The number of halogens is 1. The Morgan fingerprint density at radius 2 is 1.67 bits per heavy atom. The van der Waals surface area contributed by atoms with Crippen molar-refractivity contribution in [1.82, 2.24) is 9.80 Å². The highest BCUT2D eigenvalue weighted by Crippen LogP contribution is 2.41. The van der Waals surface area contributed by atoms with Crippen molar-refractivity contribution in [2.45, 2.75) is 82.7 Å². The standard InChI is InChI=1S/C34H46FN3O5/c35-21-28(36)24-7-9-25(10-8-24)33(40)38-13-12-27(23-4-2-1-3-5-23)32(38)29(39)19-22-6-11-30-26(18-22)20-31(43-30)34(41)37-14-16-42-17-15-37/h6,11,18,20,23-25,27-28,32H,1-5,7-10,12-17,19,21,36H2/t24?,25?,27-,28?,32-/m0/s1. The van der Waals surface area contributed by atoms with E-state index in [1.54, 1.807) is 11.0 Å². The molecule has 0 bridgehead atoms. The number of carbonyl (C=O) groups is 3. The molecule has 1 unspecified atom stereocenters. The number of ether oxygens (including phenoxy) is 1. The Kier molecular flexibility index (Phi) is 9.48. The summed E-state index contributed by atoms with van der Waals surface area (Å²) in [4.78, 5) is 44.7. The first-order valence-electron chi connectivity index (χ1n) is 16.5. The lowest BCUT2D eigenvalue weighted by Gasteiger charge is -2.37. The van der Waals surface area contributed by atoms with Gasteiger partial charge in [-0.25, -0.2) is 4.39 Å². The van der Waals surface area contributed by atoms with E-state index >= 15 is 0 Å². The molecule has 8 nitrogen and oxygen atoms in total. The number of fused-ring (bicyclic) bond motifs is 1. The number of nitrogens with two attached hydrogens (primary N) is 1. The van der Waals surface area contributed by atoms with Gasteiger partial charge in [-0.1, -0.05) is 38.2 Å². The number of carbonyl (C=O) groups excluding carboxylic acids is 3. The monoisotopic (exact) mass is 595 g/mol. The zero-order chi connectivity index (χ0) is 29.9. The number of morpholine rings is 1. The number of Topliss-reactive ketones (excluding diaryl/α,β-unsaturated/α-hetero) is 1. The lowest BCUT2D eigenvalue weighted by atomic mass is 9.75. The highest BCUT2D eigenvalue weighted by molar-refractivity contribution is 5.97. The van der Waals surface area contributed by atoms with Crippen LogP contribution in [0, 0.1) is 23.7 Å². The van der Waals surface area contributed by atoms with Gasteiger partial charge in [-0.05, 0) is 73.6 Å². The molecule has 2 N–H and O–H groups in total. The van der Waals surface area contributed by atoms with E-state index in [-0.39, 0.29) is 41.8 Å². The summed E-state index contributed by atoms with van der Waals surface area (Å²) in [6.45, 7) is 2.24. The number of hydrogen-bond acceptors (Lipinski definition) is 6. The Morgan fingerprint density at radius 1 is 0.930 bits per heavy atom. The number of furan rings is 1. The Balaban J connectivity index is 1.18. The van der Waals surface area contributed by atoms with E-state index in [1.807, 2.05) is 23.1 Å². The van der Waals surface area contributed by atoms with E-state index in [9.17, 15) is 18.8 Å². The van der Waals surface area contributed by atoms with Crippen LogP contribution in [0.4, 0.5) is 4.39 Å². The normalized spacial score (nSPS) is 27.9. The summed E-state index contributed by atoms with van der Waals surface area (Å²) in [5.41, 5.74) is 7.45. The number of likely N-dealkylation sites (tertiary alicyclic amines) is 1. The van der Waals surface area contributed by atoms with Crippen LogP contribution in [0.25, 0.3) is 11.0 Å². The van der Waals surface area contributed by atoms with Gasteiger partial charge in [0.25, 0.3) is 5.91 Å². The molecule has 43 heavy (non-hydrogen) atoms. The lowest BCUT2D eigenvalue weighted by molar-refractivity contribution is -0.143. The minimum Gasteiger partial charge on any atom is -0.451 e. The molecule has 2 amide bonds. The van der Waals surface area contributed by atoms with Crippen LogP contribution in [0.1, 0.15) is 80.3 Å². The van der Waals surface area contributed by atoms with Crippen LogP contribution in [-0.2, 0) is 20.7 Å². The average molecular weight is 596 g/mol. The number of ketones is 1. The van der Waals surface area contributed by atoms with E-state index in [4.69, 9.17) is 14.9 Å². The summed E-state index contributed by atoms with van der Waals surface area (Å²) < 4.78 is 24.4. The molecular weight excluding hydrogens is 549 g/mol. The zero-order valence-electron chi connectivity index (χ0n) is 25.2. The van der Waals surface area contributed by atoms with Crippen molar-refractivity contribution < 1.29 is 27.9 Å². The number of benzene rings is 1. The van der Waals surface area contributed by atoms with Crippen LogP contribution >= 0.6 is 0 Å². The minimum absolute atomic E-state index is 0.0977. The van der Waals surface area contributed by atoms with Gasteiger partial charge in [-0.2, -0.15) is 0 Å². The molecule has 4 fully saturated rings. The highest BCUT2D eigenvalue weighted by atomic mass is 19.1. The first-order valence-corrected chi connectivity index (χ1v) is 16.5. The second-order valence-electron chi connectivity index (χ2n) is 13.3. The number of nitrogens with zero attached hydrogens (tertiary/aromatic N) is 2. The van der Waals surface area contributed by atoms with Crippen LogP contribution in [0.15, 0.2) is 28.7 Å². The maximum absolute atomic E-state index is 14.2. The molecular formula is C34H46FN3O5. The van der Waals surface area contributed by atoms with Gasteiger partial charge in [-0.3, -0.25) is 14.4 Å². The summed E-state index contributed by atoms with van der Waals surface area (Å²) in [7, 11) is 0. The third kappa shape index (κ3) is 6.53. The SMILES string of the molecule is NC(CF)C1CCC(C(=O)N2CC[C@@H](C3CCCCC3)[C@H]2C(=O)Cc2ccc3oc(C(=O)N4CCOCC4)cc3c2)CC1. The van der Waals surface area contributed by atoms with Crippen molar-refractivity contribution in [2.24, 2.45) is 29.4 Å². The predicted molar refractivity (Wildman–Crippen MR) is 161 cm³/mol. The molecule has 2 aliphatic carbocycles.